The molecule has 2 aromatic carbocycles. The molecule has 1 aromatic heterocycles. The highest BCUT2D eigenvalue weighted by Crippen LogP contribution is 2.37. The Kier molecular flexibility index (Phi) is 6.08. The molecule has 0 radical (unpaired) electrons. The number of carbonyl (C=O) groups excluding carboxylic acids is 1. The summed E-state index contributed by atoms with van der Waals surface area (Å²) in [4.78, 5) is 17.1. The quantitative estimate of drug-likeness (QED) is 0.525. The zero-order valence-corrected chi connectivity index (χ0v) is 18.4. The number of anilines is 1. The van der Waals surface area contributed by atoms with Gasteiger partial charge in [0, 0.05) is 17.0 Å². The number of fused-ring (bicyclic) bond motifs is 1. The van der Waals surface area contributed by atoms with Crippen molar-refractivity contribution >= 4 is 23.5 Å². The van der Waals surface area contributed by atoms with Crippen molar-refractivity contribution in [3.63, 3.8) is 0 Å². The number of nitrogens with zero attached hydrogens (tertiary/aromatic N) is 3. The van der Waals surface area contributed by atoms with Crippen LogP contribution in [0.5, 0.6) is 5.75 Å². The van der Waals surface area contributed by atoms with Gasteiger partial charge in [0.25, 0.3) is 0 Å². The summed E-state index contributed by atoms with van der Waals surface area (Å²) in [6.07, 6.45) is 0. The number of carbonyl (C=O) groups is 1. The van der Waals surface area contributed by atoms with Gasteiger partial charge in [-0.2, -0.15) is 4.98 Å². The average Bonchev–Trinajstić information content (AvgIpc) is 3.14. The number of allylic oxidation sites excluding steroid dienone is 2. The van der Waals surface area contributed by atoms with E-state index in [1.807, 2.05) is 38.1 Å². The molecule has 0 aliphatic carbocycles. The van der Waals surface area contributed by atoms with Gasteiger partial charge in [-0.15, -0.1) is 5.10 Å². The van der Waals surface area contributed by atoms with E-state index in [1.165, 1.54) is 17.8 Å². The third-order valence-electron chi connectivity index (χ3n) is 5.01. The first-order chi connectivity index (χ1) is 15.0. The van der Waals surface area contributed by atoms with E-state index in [0.717, 1.165) is 17.0 Å². The predicted octanol–water partition coefficient (Wildman–Crippen LogP) is 4.99. The number of nitrogens with one attached hydrogen (secondary N) is 1. The highest BCUT2D eigenvalue weighted by atomic mass is 32.2. The molecule has 160 valence electrons. The first-order valence-electron chi connectivity index (χ1n) is 10.0. The molecule has 8 heteroatoms. The minimum atomic E-state index is -0.426. The number of thioether (sulfide) groups is 1. The normalized spacial score (nSPS) is 15.4. The van der Waals surface area contributed by atoms with Gasteiger partial charge in [0.1, 0.15) is 17.6 Å². The smallest absolute Gasteiger partial charge is 0.227 e. The molecule has 0 spiro atoms. The fourth-order valence-corrected chi connectivity index (χ4v) is 4.47. The molecule has 4 rings (SSSR count). The van der Waals surface area contributed by atoms with Crippen molar-refractivity contribution in [2.24, 2.45) is 0 Å². The summed E-state index contributed by atoms with van der Waals surface area (Å²) in [6.45, 7) is 5.89. The van der Waals surface area contributed by atoms with E-state index in [4.69, 9.17) is 4.74 Å². The summed E-state index contributed by atoms with van der Waals surface area (Å²) in [5.41, 5.74) is 2.84. The second-order valence-electron chi connectivity index (χ2n) is 7.17. The Morgan fingerprint density at radius 2 is 2.06 bits per heavy atom. The summed E-state index contributed by atoms with van der Waals surface area (Å²) in [5.74, 6) is 1.39. The van der Waals surface area contributed by atoms with E-state index >= 15 is 0 Å². The number of ketones is 1. The molecule has 1 aliphatic rings. The number of halogens is 1. The lowest BCUT2D eigenvalue weighted by Gasteiger charge is -2.28. The molecule has 0 saturated carbocycles. The second kappa shape index (κ2) is 8.93. The Morgan fingerprint density at radius 1 is 1.26 bits per heavy atom. The topological polar surface area (TPSA) is 69.0 Å². The maximum atomic E-state index is 14.0. The van der Waals surface area contributed by atoms with Crippen molar-refractivity contribution in [2.45, 2.75) is 37.7 Å². The van der Waals surface area contributed by atoms with Crippen LogP contribution in [-0.4, -0.2) is 27.2 Å². The molecule has 1 unspecified atom stereocenters. The van der Waals surface area contributed by atoms with Crippen molar-refractivity contribution in [3.05, 3.63) is 76.7 Å². The lowest BCUT2D eigenvalue weighted by Crippen LogP contribution is -2.27. The SMILES string of the molecule is CCOc1cccc(C2C(C(C)=O)=C(C)Nc3nc(SCc4ccccc4F)nn32)c1. The first kappa shape index (κ1) is 21.1. The third-order valence-corrected chi connectivity index (χ3v) is 5.90. The zero-order chi connectivity index (χ0) is 22.0. The highest BCUT2D eigenvalue weighted by Gasteiger charge is 2.33. The number of hydrogen-bond donors (Lipinski definition) is 1. The van der Waals surface area contributed by atoms with E-state index in [-0.39, 0.29) is 11.6 Å². The molecule has 1 atom stereocenters. The molecule has 1 N–H and O–H groups in total. The van der Waals surface area contributed by atoms with Crippen LogP contribution in [-0.2, 0) is 10.5 Å². The Bertz CT molecular complexity index is 1160. The molecule has 0 fully saturated rings. The molecular weight excluding hydrogens is 415 g/mol. The van der Waals surface area contributed by atoms with E-state index in [0.29, 0.717) is 34.6 Å². The van der Waals surface area contributed by atoms with Gasteiger partial charge in [-0.05, 0) is 50.1 Å². The van der Waals surface area contributed by atoms with Crippen molar-refractivity contribution < 1.29 is 13.9 Å². The molecule has 2 heterocycles. The van der Waals surface area contributed by atoms with Gasteiger partial charge in [-0.1, -0.05) is 42.1 Å². The molecule has 0 amide bonds. The van der Waals surface area contributed by atoms with Gasteiger partial charge in [0.15, 0.2) is 5.78 Å². The summed E-state index contributed by atoms with van der Waals surface area (Å²) < 4.78 is 21.3. The van der Waals surface area contributed by atoms with Gasteiger partial charge in [0.05, 0.1) is 6.61 Å². The largest absolute Gasteiger partial charge is 0.494 e. The minimum Gasteiger partial charge on any atom is -0.494 e. The molecule has 0 bridgehead atoms. The molecule has 31 heavy (non-hydrogen) atoms. The van der Waals surface area contributed by atoms with Gasteiger partial charge in [-0.3, -0.25) is 4.79 Å². The van der Waals surface area contributed by atoms with Crippen LogP contribution in [0.25, 0.3) is 0 Å². The number of benzene rings is 2. The van der Waals surface area contributed by atoms with Crippen LogP contribution < -0.4 is 10.1 Å². The first-order valence-corrected chi connectivity index (χ1v) is 11.0. The van der Waals surface area contributed by atoms with Gasteiger partial charge in [0.2, 0.25) is 11.1 Å². The zero-order valence-electron chi connectivity index (χ0n) is 17.6. The summed E-state index contributed by atoms with van der Waals surface area (Å²) in [6, 6.07) is 13.9. The number of Topliss-reactive ketones (excluding diaryl/α,β-unsaturated/α-hetero) is 1. The van der Waals surface area contributed by atoms with Crippen LogP contribution in [0.4, 0.5) is 10.3 Å². The lowest BCUT2D eigenvalue weighted by molar-refractivity contribution is -0.114. The molecule has 1 aliphatic heterocycles. The Labute approximate surface area is 184 Å². The number of ether oxygens (including phenoxy) is 1. The van der Waals surface area contributed by atoms with Crippen molar-refractivity contribution in [1.29, 1.82) is 0 Å². The minimum absolute atomic E-state index is 0.0430. The Balaban J connectivity index is 1.70. The molecule has 0 saturated heterocycles. The number of rotatable bonds is 7. The third kappa shape index (κ3) is 4.34. The maximum Gasteiger partial charge on any atom is 0.227 e. The van der Waals surface area contributed by atoms with Crippen molar-refractivity contribution in [2.75, 3.05) is 11.9 Å². The van der Waals surface area contributed by atoms with Crippen LogP contribution in [0.15, 0.2) is 65.0 Å². The van der Waals surface area contributed by atoms with Crippen LogP contribution in [0.2, 0.25) is 0 Å². The maximum absolute atomic E-state index is 14.0. The Hall–Kier alpha value is -3.13. The molecule has 6 nitrogen and oxygen atoms in total. The number of hydrogen-bond acceptors (Lipinski definition) is 6. The van der Waals surface area contributed by atoms with Gasteiger partial charge in [-0.25, -0.2) is 9.07 Å². The molecular formula is C23H23FN4O2S. The fraction of sp³-hybridized carbons (Fsp3) is 0.261. The second-order valence-corrected chi connectivity index (χ2v) is 8.11. The summed E-state index contributed by atoms with van der Waals surface area (Å²) in [7, 11) is 0. The standard InChI is InChI=1S/C23H23FN4O2S/c1-4-30-18-10-7-9-16(12-18)21-20(15(3)29)14(2)25-22-26-23(27-28(21)22)31-13-17-8-5-6-11-19(17)24/h5-12,21H,4,13H2,1-3H3,(H,25,26,27). The average molecular weight is 439 g/mol. The molecule has 3 aromatic rings. The fourth-order valence-electron chi connectivity index (χ4n) is 3.66. The van der Waals surface area contributed by atoms with E-state index in [2.05, 4.69) is 15.4 Å². The van der Waals surface area contributed by atoms with Crippen molar-refractivity contribution in [3.8, 4) is 5.75 Å². The predicted molar refractivity (Wildman–Crippen MR) is 119 cm³/mol. The van der Waals surface area contributed by atoms with Crippen LogP contribution in [0.1, 0.15) is 37.9 Å². The summed E-state index contributed by atoms with van der Waals surface area (Å²) >= 11 is 1.35. The summed E-state index contributed by atoms with van der Waals surface area (Å²) in [5, 5.41) is 8.35. The van der Waals surface area contributed by atoms with Crippen LogP contribution in [0.3, 0.4) is 0 Å². The highest BCUT2D eigenvalue weighted by molar-refractivity contribution is 7.98. The van der Waals surface area contributed by atoms with E-state index < -0.39 is 6.04 Å². The lowest BCUT2D eigenvalue weighted by atomic mass is 9.93. The van der Waals surface area contributed by atoms with Crippen LogP contribution >= 0.6 is 11.8 Å². The van der Waals surface area contributed by atoms with Crippen molar-refractivity contribution in [1.82, 2.24) is 14.8 Å². The van der Waals surface area contributed by atoms with E-state index in [9.17, 15) is 9.18 Å². The van der Waals surface area contributed by atoms with E-state index in [1.54, 1.807) is 29.8 Å². The number of aromatic nitrogens is 3. The monoisotopic (exact) mass is 438 g/mol. The Morgan fingerprint density at radius 3 is 2.81 bits per heavy atom. The van der Waals surface area contributed by atoms with Crippen LogP contribution in [0, 0.1) is 5.82 Å². The van der Waals surface area contributed by atoms with Gasteiger partial charge >= 0.3 is 0 Å². The van der Waals surface area contributed by atoms with Gasteiger partial charge < -0.3 is 10.1 Å².